The molecule has 134 valence electrons. The Morgan fingerprint density at radius 1 is 0.591 bits per heavy atom. The van der Waals surface area contributed by atoms with Crippen LogP contribution in [0.25, 0.3) is 0 Å². The molecular weight excluding hydrogens is 272 g/mol. The molecule has 1 atom stereocenters. The van der Waals surface area contributed by atoms with Crippen molar-refractivity contribution < 1.29 is 9.47 Å². The maximum atomic E-state index is 6.11. The van der Waals surface area contributed by atoms with Crippen LogP contribution < -0.4 is 0 Å². The lowest BCUT2D eigenvalue weighted by Gasteiger charge is -2.46. The summed E-state index contributed by atoms with van der Waals surface area (Å²) in [4.78, 5) is 0. The maximum absolute atomic E-state index is 6.11. The molecular formula is C20H42O2. The zero-order valence-corrected chi connectivity index (χ0v) is 16.3. The highest BCUT2D eigenvalue weighted by Gasteiger charge is 2.45. The van der Waals surface area contributed by atoms with Crippen molar-refractivity contribution in [2.24, 2.45) is 5.41 Å². The quantitative estimate of drug-likeness (QED) is 0.247. The molecule has 2 nitrogen and oxygen atoms in total. The van der Waals surface area contributed by atoms with Gasteiger partial charge in [0.05, 0.1) is 0 Å². The summed E-state index contributed by atoms with van der Waals surface area (Å²) in [6.45, 7) is 14.7. The molecule has 0 aliphatic carbocycles. The second kappa shape index (κ2) is 12.4. The van der Waals surface area contributed by atoms with Gasteiger partial charge in [-0.2, -0.15) is 0 Å². The molecule has 0 aliphatic heterocycles. The van der Waals surface area contributed by atoms with Crippen LogP contribution in [0, 0.1) is 5.41 Å². The molecule has 0 fully saturated rings. The normalized spacial score (nSPS) is 15.0. The van der Waals surface area contributed by atoms with Crippen molar-refractivity contribution >= 4 is 0 Å². The minimum Gasteiger partial charge on any atom is -0.350 e. The molecule has 0 aromatic carbocycles. The van der Waals surface area contributed by atoms with E-state index in [0.717, 1.165) is 0 Å². The predicted molar refractivity (Wildman–Crippen MR) is 97.3 cm³/mol. The van der Waals surface area contributed by atoms with Crippen LogP contribution in [0.2, 0.25) is 0 Å². The summed E-state index contributed by atoms with van der Waals surface area (Å²) in [6, 6.07) is 0. The van der Waals surface area contributed by atoms with Crippen LogP contribution in [0.5, 0.6) is 0 Å². The number of ether oxygens (including phenoxy) is 2. The molecule has 0 rings (SSSR count). The van der Waals surface area contributed by atoms with E-state index in [2.05, 4.69) is 41.5 Å². The lowest BCUT2D eigenvalue weighted by molar-refractivity contribution is -0.286. The highest BCUT2D eigenvalue weighted by atomic mass is 16.7. The first-order chi connectivity index (χ1) is 10.5. The van der Waals surface area contributed by atoms with Crippen LogP contribution in [0.3, 0.4) is 0 Å². The van der Waals surface area contributed by atoms with Crippen LogP contribution in [0.4, 0.5) is 0 Å². The highest BCUT2D eigenvalue weighted by molar-refractivity contribution is 4.88. The molecule has 0 radical (unpaired) electrons. The summed E-state index contributed by atoms with van der Waals surface area (Å²) in [7, 11) is 0. The van der Waals surface area contributed by atoms with E-state index in [1.165, 1.54) is 64.2 Å². The number of rotatable bonds is 15. The number of hydrogen-bond donors (Lipinski definition) is 0. The first-order valence-corrected chi connectivity index (χ1v) is 9.77. The summed E-state index contributed by atoms with van der Waals surface area (Å²) in [5.41, 5.74) is 0.111. The summed E-state index contributed by atoms with van der Waals surface area (Å²) < 4.78 is 12.2. The summed E-state index contributed by atoms with van der Waals surface area (Å²) in [5, 5.41) is 0. The van der Waals surface area contributed by atoms with Crippen molar-refractivity contribution in [3.05, 3.63) is 0 Å². The van der Waals surface area contributed by atoms with Gasteiger partial charge in [-0.3, -0.25) is 0 Å². The Hall–Kier alpha value is -0.0800. The Morgan fingerprint density at radius 2 is 1.05 bits per heavy atom. The third-order valence-electron chi connectivity index (χ3n) is 5.10. The fourth-order valence-corrected chi connectivity index (χ4v) is 3.38. The van der Waals surface area contributed by atoms with Gasteiger partial charge in [-0.25, -0.2) is 0 Å². The van der Waals surface area contributed by atoms with Gasteiger partial charge in [0.15, 0.2) is 5.79 Å². The van der Waals surface area contributed by atoms with Gasteiger partial charge in [0.2, 0.25) is 0 Å². The van der Waals surface area contributed by atoms with Gasteiger partial charge in [-0.05, 0) is 33.6 Å². The molecule has 0 saturated carbocycles. The molecule has 0 aromatic heterocycles. The predicted octanol–water partition coefficient (Wildman–Crippen LogP) is 6.72. The lowest BCUT2D eigenvalue weighted by Crippen LogP contribution is -2.48. The van der Waals surface area contributed by atoms with Gasteiger partial charge in [0.1, 0.15) is 0 Å². The highest BCUT2D eigenvalue weighted by Crippen LogP contribution is 2.44. The van der Waals surface area contributed by atoms with Gasteiger partial charge in [0, 0.05) is 18.6 Å². The second-order valence-electron chi connectivity index (χ2n) is 6.99. The Kier molecular flexibility index (Phi) is 12.3. The van der Waals surface area contributed by atoms with E-state index in [1.54, 1.807) is 0 Å². The topological polar surface area (TPSA) is 18.5 Å². The average Bonchev–Trinajstić information content (AvgIpc) is 2.49. The van der Waals surface area contributed by atoms with Crippen molar-refractivity contribution in [2.75, 3.05) is 13.2 Å². The molecule has 1 unspecified atom stereocenters. The monoisotopic (exact) mass is 314 g/mol. The van der Waals surface area contributed by atoms with Crippen molar-refractivity contribution in [1.29, 1.82) is 0 Å². The summed E-state index contributed by atoms with van der Waals surface area (Å²) in [5.74, 6) is -0.449. The smallest absolute Gasteiger partial charge is 0.170 e. The first kappa shape index (κ1) is 21.9. The van der Waals surface area contributed by atoms with Crippen molar-refractivity contribution in [2.45, 2.75) is 112 Å². The van der Waals surface area contributed by atoms with E-state index in [4.69, 9.17) is 9.47 Å². The van der Waals surface area contributed by atoms with E-state index in [9.17, 15) is 0 Å². The summed E-state index contributed by atoms with van der Waals surface area (Å²) in [6.07, 6.45) is 13.0. The zero-order valence-electron chi connectivity index (χ0n) is 16.3. The summed E-state index contributed by atoms with van der Waals surface area (Å²) >= 11 is 0. The zero-order chi connectivity index (χ0) is 16.9. The molecule has 0 saturated heterocycles. The van der Waals surface area contributed by atoms with Gasteiger partial charge in [-0.1, -0.05) is 72.1 Å². The maximum Gasteiger partial charge on any atom is 0.170 e. The molecule has 0 aliphatic rings. The fourth-order valence-electron chi connectivity index (χ4n) is 3.38. The molecule has 0 heterocycles. The number of unbranched alkanes of at least 4 members (excludes halogenated alkanes) is 6. The van der Waals surface area contributed by atoms with E-state index in [-0.39, 0.29) is 5.41 Å². The molecule has 0 N–H and O–H groups in total. The molecule has 0 bridgehead atoms. The SMILES string of the molecule is CCCCCCCCC(C)(CCCC)C(C)(OCC)OCC. The van der Waals surface area contributed by atoms with E-state index >= 15 is 0 Å². The van der Waals surface area contributed by atoms with Crippen molar-refractivity contribution in [3.8, 4) is 0 Å². The Labute approximate surface area is 140 Å². The van der Waals surface area contributed by atoms with Crippen LogP contribution in [-0.4, -0.2) is 19.0 Å². The van der Waals surface area contributed by atoms with Crippen LogP contribution in [0.15, 0.2) is 0 Å². The van der Waals surface area contributed by atoms with Gasteiger partial charge >= 0.3 is 0 Å². The van der Waals surface area contributed by atoms with Gasteiger partial charge in [-0.15, -0.1) is 0 Å². The molecule has 22 heavy (non-hydrogen) atoms. The third kappa shape index (κ3) is 7.46. The first-order valence-electron chi connectivity index (χ1n) is 9.77. The largest absolute Gasteiger partial charge is 0.350 e. The Bertz CT molecular complexity index is 246. The van der Waals surface area contributed by atoms with Crippen LogP contribution in [-0.2, 0) is 9.47 Å². The molecule has 0 spiro atoms. The van der Waals surface area contributed by atoms with Crippen molar-refractivity contribution in [3.63, 3.8) is 0 Å². The molecule has 0 aromatic rings. The van der Waals surface area contributed by atoms with Crippen molar-refractivity contribution in [1.82, 2.24) is 0 Å². The van der Waals surface area contributed by atoms with Crippen LogP contribution >= 0.6 is 0 Å². The lowest BCUT2D eigenvalue weighted by atomic mass is 9.73. The van der Waals surface area contributed by atoms with Gasteiger partial charge < -0.3 is 9.47 Å². The minimum atomic E-state index is -0.449. The van der Waals surface area contributed by atoms with Gasteiger partial charge in [0.25, 0.3) is 0 Å². The number of hydrogen-bond acceptors (Lipinski definition) is 2. The molecule has 0 amide bonds. The van der Waals surface area contributed by atoms with Crippen LogP contribution in [0.1, 0.15) is 106 Å². The van der Waals surface area contributed by atoms with E-state index in [1.807, 2.05) is 0 Å². The third-order valence-corrected chi connectivity index (χ3v) is 5.10. The average molecular weight is 315 g/mol. The Morgan fingerprint density at radius 3 is 1.55 bits per heavy atom. The van der Waals surface area contributed by atoms with E-state index < -0.39 is 5.79 Å². The fraction of sp³-hybridized carbons (Fsp3) is 1.00. The van der Waals surface area contributed by atoms with E-state index in [0.29, 0.717) is 13.2 Å². The molecule has 2 heteroatoms. The Balaban J connectivity index is 4.65. The minimum absolute atomic E-state index is 0.111. The standard InChI is InChI=1S/C20H42O2/c1-7-11-13-14-15-16-18-19(5,17-12-8-2)20(6,21-9-3)22-10-4/h7-18H2,1-6H3. The second-order valence-corrected chi connectivity index (χ2v) is 6.99.